The van der Waals surface area contributed by atoms with Crippen LogP contribution in [0.1, 0.15) is 36.6 Å². The second-order valence-corrected chi connectivity index (χ2v) is 6.61. The van der Waals surface area contributed by atoms with Crippen molar-refractivity contribution in [2.45, 2.75) is 26.3 Å². The summed E-state index contributed by atoms with van der Waals surface area (Å²) in [5.41, 5.74) is 10.0. The lowest BCUT2D eigenvalue weighted by molar-refractivity contribution is 0.647. The molecule has 0 heterocycles. The highest BCUT2D eigenvalue weighted by Gasteiger charge is 2.08. The largest absolute Gasteiger partial charge is 0.320 e. The van der Waals surface area contributed by atoms with Crippen LogP contribution in [0.4, 0.5) is 0 Å². The quantitative estimate of drug-likeness (QED) is 0.792. The van der Waals surface area contributed by atoms with Crippen LogP contribution in [0, 0.1) is 9.49 Å². The summed E-state index contributed by atoms with van der Waals surface area (Å²) >= 11 is 2.31. The Morgan fingerprint density at radius 1 is 0.895 bits per heavy atom. The summed E-state index contributed by atoms with van der Waals surface area (Å²) in [5.74, 6) is 0.690. The first kappa shape index (κ1) is 14.5. The molecule has 0 amide bonds. The van der Waals surface area contributed by atoms with Crippen molar-refractivity contribution in [1.29, 1.82) is 0 Å². The summed E-state index contributed by atoms with van der Waals surface area (Å²) in [6, 6.07) is 17.1. The van der Waals surface area contributed by atoms with Crippen LogP contribution in [0.25, 0.3) is 0 Å². The number of halogens is 1. The van der Waals surface area contributed by atoms with Crippen LogP contribution in [-0.2, 0) is 6.42 Å². The molecule has 0 saturated carbocycles. The molecule has 1 nitrogen and oxygen atoms in total. The van der Waals surface area contributed by atoms with Gasteiger partial charge in [0.05, 0.1) is 6.04 Å². The van der Waals surface area contributed by atoms with Crippen molar-refractivity contribution < 1.29 is 0 Å². The third-order valence-corrected chi connectivity index (χ3v) is 3.93. The highest BCUT2D eigenvalue weighted by atomic mass is 127. The van der Waals surface area contributed by atoms with Crippen molar-refractivity contribution in [3.05, 3.63) is 68.8 Å². The summed E-state index contributed by atoms with van der Waals surface area (Å²) in [7, 11) is 0. The second-order valence-electron chi connectivity index (χ2n) is 5.37. The van der Waals surface area contributed by atoms with Gasteiger partial charge < -0.3 is 5.73 Å². The Balaban J connectivity index is 2.15. The van der Waals surface area contributed by atoms with E-state index in [1.54, 1.807) is 0 Å². The molecule has 2 aromatic rings. The number of nitrogens with two attached hydrogens (primary N) is 1. The molecule has 2 heteroatoms. The van der Waals surface area contributed by atoms with E-state index in [2.05, 4.69) is 85.0 Å². The first-order valence-corrected chi connectivity index (χ1v) is 7.74. The van der Waals surface area contributed by atoms with Crippen molar-refractivity contribution in [1.82, 2.24) is 0 Å². The zero-order chi connectivity index (χ0) is 13.8. The van der Waals surface area contributed by atoms with Gasteiger partial charge in [0.15, 0.2) is 0 Å². The maximum Gasteiger partial charge on any atom is 0.0551 e. The van der Waals surface area contributed by atoms with Crippen LogP contribution in [0.5, 0.6) is 0 Å². The normalized spacial score (nSPS) is 12.7. The lowest BCUT2D eigenvalue weighted by Crippen LogP contribution is -2.11. The monoisotopic (exact) mass is 365 g/mol. The Kier molecular flexibility index (Phi) is 4.99. The molecule has 0 fully saturated rings. The summed E-state index contributed by atoms with van der Waals surface area (Å²) < 4.78 is 1.24. The molecule has 0 aliphatic heterocycles. The van der Waals surface area contributed by atoms with Crippen LogP contribution in [0.15, 0.2) is 48.5 Å². The molecular weight excluding hydrogens is 345 g/mol. The molecule has 0 saturated heterocycles. The molecule has 0 aromatic heterocycles. The maximum absolute atomic E-state index is 6.32. The molecular formula is C17H20IN. The summed E-state index contributed by atoms with van der Waals surface area (Å²) in [5, 5.41) is 0. The molecule has 19 heavy (non-hydrogen) atoms. The van der Waals surface area contributed by atoms with Crippen LogP contribution in [0.3, 0.4) is 0 Å². The minimum atomic E-state index is -0.0369. The average molecular weight is 365 g/mol. The summed E-state index contributed by atoms with van der Waals surface area (Å²) in [4.78, 5) is 0. The number of benzene rings is 2. The summed E-state index contributed by atoms with van der Waals surface area (Å²) in [6.07, 6.45) is 1.12. The predicted octanol–water partition coefficient (Wildman–Crippen LogP) is 4.54. The van der Waals surface area contributed by atoms with E-state index in [9.17, 15) is 0 Å². The zero-order valence-electron chi connectivity index (χ0n) is 11.4. The van der Waals surface area contributed by atoms with Crippen molar-refractivity contribution >= 4 is 22.6 Å². The highest BCUT2D eigenvalue weighted by molar-refractivity contribution is 14.1. The number of hydrogen-bond donors (Lipinski definition) is 1. The van der Waals surface area contributed by atoms with E-state index in [4.69, 9.17) is 5.73 Å². The van der Waals surface area contributed by atoms with E-state index >= 15 is 0 Å². The third kappa shape index (κ3) is 4.05. The second kappa shape index (κ2) is 6.53. The molecule has 1 atom stereocenters. The molecule has 2 rings (SSSR count). The van der Waals surface area contributed by atoms with Gasteiger partial charge in [0, 0.05) is 3.57 Å². The first-order valence-electron chi connectivity index (χ1n) is 6.66. The van der Waals surface area contributed by atoms with Gasteiger partial charge in [-0.25, -0.2) is 0 Å². The Morgan fingerprint density at radius 3 is 1.84 bits per heavy atom. The van der Waals surface area contributed by atoms with E-state index in [0.29, 0.717) is 5.92 Å². The van der Waals surface area contributed by atoms with Gasteiger partial charge in [-0.05, 0) is 63.8 Å². The van der Waals surface area contributed by atoms with E-state index in [1.165, 1.54) is 14.7 Å². The van der Waals surface area contributed by atoms with Crippen molar-refractivity contribution in [2.75, 3.05) is 0 Å². The standard InChI is InChI=1S/C17H20IN/c1-12(2)11-13-3-5-14(6-4-13)17(19)15-7-9-16(18)10-8-15/h3-10,12,17H,11,19H2,1-2H3. The molecule has 100 valence electrons. The molecule has 2 N–H and O–H groups in total. The minimum Gasteiger partial charge on any atom is -0.320 e. The van der Waals surface area contributed by atoms with Gasteiger partial charge in [-0.15, -0.1) is 0 Å². The Hall–Kier alpha value is -0.870. The Labute approximate surface area is 129 Å². The topological polar surface area (TPSA) is 26.0 Å². The van der Waals surface area contributed by atoms with E-state index < -0.39 is 0 Å². The van der Waals surface area contributed by atoms with Crippen molar-refractivity contribution in [3.8, 4) is 0 Å². The minimum absolute atomic E-state index is 0.0369. The Morgan fingerprint density at radius 2 is 1.37 bits per heavy atom. The first-order chi connectivity index (χ1) is 9.06. The van der Waals surface area contributed by atoms with Gasteiger partial charge in [-0.3, -0.25) is 0 Å². The van der Waals surface area contributed by atoms with Crippen LogP contribution in [-0.4, -0.2) is 0 Å². The Bertz CT molecular complexity index is 514. The lowest BCUT2D eigenvalue weighted by Gasteiger charge is -2.14. The molecule has 2 aromatic carbocycles. The molecule has 0 aliphatic carbocycles. The lowest BCUT2D eigenvalue weighted by atomic mass is 9.96. The molecule has 0 radical (unpaired) electrons. The van der Waals surface area contributed by atoms with Crippen LogP contribution >= 0.6 is 22.6 Å². The SMILES string of the molecule is CC(C)Cc1ccc(C(N)c2ccc(I)cc2)cc1. The fraction of sp³-hybridized carbons (Fsp3) is 0.294. The molecule has 0 aliphatic rings. The van der Waals surface area contributed by atoms with Crippen molar-refractivity contribution in [3.63, 3.8) is 0 Å². The van der Waals surface area contributed by atoms with Gasteiger partial charge >= 0.3 is 0 Å². The smallest absolute Gasteiger partial charge is 0.0551 e. The molecule has 0 bridgehead atoms. The van der Waals surface area contributed by atoms with E-state index in [-0.39, 0.29) is 6.04 Å². The summed E-state index contributed by atoms with van der Waals surface area (Å²) in [6.45, 7) is 4.48. The fourth-order valence-electron chi connectivity index (χ4n) is 2.20. The maximum atomic E-state index is 6.32. The molecule has 1 unspecified atom stereocenters. The predicted molar refractivity (Wildman–Crippen MR) is 90.2 cm³/mol. The average Bonchev–Trinajstić information content (AvgIpc) is 2.39. The van der Waals surface area contributed by atoms with Crippen molar-refractivity contribution in [2.24, 2.45) is 11.7 Å². The van der Waals surface area contributed by atoms with Crippen LogP contribution in [0.2, 0.25) is 0 Å². The van der Waals surface area contributed by atoms with E-state index in [0.717, 1.165) is 12.0 Å². The van der Waals surface area contributed by atoms with Gasteiger partial charge in [-0.1, -0.05) is 50.2 Å². The van der Waals surface area contributed by atoms with Gasteiger partial charge in [0.25, 0.3) is 0 Å². The highest BCUT2D eigenvalue weighted by Crippen LogP contribution is 2.21. The third-order valence-electron chi connectivity index (χ3n) is 3.21. The van der Waals surface area contributed by atoms with E-state index in [1.807, 2.05) is 0 Å². The van der Waals surface area contributed by atoms with Gasteiger partial charge in [-0.2, -0.15) is 0 Å². The zero-order valence-corrected chi connectivity index (χ0v) is 13.6. The van der Waals surface area contributed by atoms with Gasteiger partial charge in [0.2, 0.25) is 0 Å². The van der Waals surface area contributed by atoms with Gasteiger partial charge in [0.1, 0.15) is 0 Å². The fourth-order valence-corrected chi connectivity index (χ4v) is 2.55. The molecule has 0 spiro atoms. The van der Waals surface area contributed by atoms with Crippen LogP contribution < -0.4 is 5.73 Å². The number of rotatable bonds is 4. The number of hydrogen-bond acceptors (Lipinski definition) is 1.